The SMILES string of the molecule is CN1CCN(c2ccc(N)cc2F)C(C)(C)C1=O. The van der Waals surface area contributed by atoms with Crippen molar-refractivity contribution in [3.05, 3.63) is 24.0 Å². The van der Waals surface area contributed by atoms with Crippen molar-refractivity contribution in [3.63, 3.8) is 0 Å². The molecule has 2 N–H and O–H groups in total. The molecule has 4 nitrogen and oxygen atoms in total. The zero-order valence-electron chi connectivity index (χ0n) is 10.9. The maximum atomic E-state index is 14.0. The number of nitrogen functional groups attached to an aromatic ring is 1. The summed E-state index contributed by atoms with van der Waals surface area (Å²) in [5, 5.41) is 0. The zero-order valence-corrected chi connectivity index (χ0v) is 10.9. The molecule has 0 radical (unpaired) electrons. The quantitative estimate of drug-likeness (QED) is 0.769. The Hall–Kier alpha value is -1.78. The average Bonchev–Trinajstić information content (AvgIpc) is 2.28. The van der Waals surface area contributed by atoms with Crippen LogP contribution in [0, 0.1) is 5.82 Å². The number of benzene rings is 1. The van der Waals surface area contributed by atoms with Crippen LogP contribution >= 0.6 is 0 Å². The molecular weight excluding hydrogens is 233 g/mol. The predicted molar refractivity (Wildman–Crippen MR) is 69.9 cm³/mol. The van der Waals surface area contributed by atoms with Crippen LogP contribution in [0.1, 0.15) is 13.8 Å². The fourth-order valence-electron chi connectivity index (χ4n) is 2.38. The van der Waals surface area contributed by atoms with Gasteiger partial charge in [0.25, 0.3) is 0 Å². The zero-order chi connectivity index (χ0) is 13.5. The van der Waals surface area contributed by atoms with E-state index in [9.17, 15) is 9.18 Å². The fourth-order valence-corrected chi connectivity index (χ4v) is 2.38. The number of rotatable bonds is 1. The van der Waals surface area contributed by atoms with Crippen molar-refractivity contribution in [3.8, 4) is 0 Å². The lowest BCUT2D eigenvalue weighted by Gasteiger charge is -2.46. The molecule has 1 amide bonds. The molecule has 98 valence electrons. The molecule has 1 aliphatic heterocycles. The van der Waals surface area contributed by atoms with Gasteiger partial charge in [-0.3, -0.25) is 4.79 Å². The molecule has 1 aliphatic rings. The lowest BCUT2D eigenvalue weighted by molar-refractivity contribution is -0.136. The number of likely N-dealkylation sites (N-methyl/N-ethyl adjacent to an activating group) is 1. The molecule has 1 fully saturated rings. The van der Waals surface area contributed by atoms with E-state index in [2.05, 4.69) is 0 Å². The Labute approximate surface area is 106 Å². The first kappa shape index (κ1) is 12.7. The second-order valence-electron chi connectivity index (χ2n) is 5.15. The van der Waals surface area contributed by atoms with E-state index in [0.717, 1.165) is 0 Å². The molecule has 0 saturated carbocycles. The van der Waals surface area contributed by atoms with Crippen LogP contribution < -0.4 is 10.6 Å². The molecule has 0 unspecified atom stereocenters. The van der Waals surface area contributed by atoms with Crippen LogP contribution in [-0.4, -0.2) is 36.5 Å². The van der Waals surface area contributed by atoms with Crippen molar-refractivity contribution in [2.75, 3.05) is 30.8 Å². The molecule has 0 spiro atoms. The number of halogens is 1. The van der Waals surface area contributed by atoms with Crippen molar-refractivity contribution in [2.24, 2.45) is 0 Å². The molecule has 1 heterocycles. The third-order valence-corrected chi connectivity index (χ3v) is 3.47. The normalized spacial score (nSPS) is 19.2. The molecule has 2 rings (SSSR count). The summed E-state index contributed by atoms with van der Waals surface area (Å²) < 4.78 is 14.0. The summed E-state index contributed by atoms with van der Waals surface area (Å²) in [4.78, 5) is 15.6. The van der Waals surface area contributed by atoms with Crippen molar-refractivity contribution >= 4 is 17.3 Å². The summed E-state index contributed by atoms with van der Waals surface area (Å²) in [6, 6.07) is 4.57. The first-order chi connectivity index (χ1) is 8.34. The first-order valence-electron chi connectivity index (χ1n) is 5.92. The molecule has 0 bridgehead atoms. The van der Waals surface area contributed by atoms with Crippen molar-refractivity contribution in [1.82, 2.24) is 4.90 Å². The number of hydrogen-bond acceptors (Lipinski definition) is 3. The summed E-state index contributed by atoms with van der Waals surface area (Å²) in [5.41, 5.74) is 5.60. The van der Waals surface area contributed by atoms with Gasteiger partial charge in [0, 0.05) is 25.8 Å². The Balaban J connectivity index is 2.41. The monoisotopic (exact) mass is 251 g/mol. The van der Waals surface area contributed by atoms with Crippen LogP contribution in [0.4, 0.5) is 15.8 Å². The van der Waals surface area contributed by atoms with Gasteiger partial charge in [-0.05, 0) is 32.0 Å². The standard InChI is InChI=1S/C13H18FN3O/c1-13(2)12(18)16(3)6-7-17(13)11-5-4-9(15)8-10(11)14/h4-5,8H,6-7,15H2,1-3H3. The van der Waals surface area contributed by atoms with E-state index in [1.165, 1.54) is 6.07 Å². The van der Waals surface area contributed by atoms with E-state index in [0.29, 0.717) is 24.5 Å². The molecule has 1 aromatic rings. The summed E-state index contributed by atoms with van der Waals surface area (Å²) in [6.07, 6.45) is 0. The van der Waals surface area contributed by atoms with Gasteiger partial charge in [-0.15, -0.1) is 0 Å². The predicted octanol–water partition coefficient (Wildman–Crippen LogP) is 1.46. The lowest BCUT2D eigenvalue weighted by Crippen LogP contribution is -2.62. The molecule has 1 saturated heterocycles. The fraction of sp³-hybridized carbons (Fsp3) is 0.462. The maximum Gasteiger partial charge on any atom is 0.247 e. The van der Waals surface area contributed by atoms with Crippen LogP contribution in [0.25, 0.3) is 0 Å². The molecular formula is C13H18FN3O. The van der Waals surface area contributed by atoms with E-state index in [-0.39, 0.29) is 11.7 Å². The van der Waals surface area contributed by atoms with E-state index in [1.807, 2.05) is 0 Å². The Kier molecular flexibility index (Phi) is 2.92. The topological polar surface area (TPSA) is 49.6 Å². The molecule has 18 heavy (non-hydrogen) atoms. The number of nitrogens with two attached hydrogens (primary N) is 1. The Morgan fingerprint density at radius 1 is 1.33 bits per heavy atom. The summed E-state index contributed by atoms with van der Waals surface area (Å²) >= 11 is 0. The van der Waals surface area contributed by atoms with Gasteiger partial charge in [0.15, 0.2) is 0 Å². The number of hydrogen-bond donors (Lipinski definition) is 1. The minimum Gasteiger partial charge on any atom is -0.399 e. The van der Waals surface area contributed by atoms with Crippen LogP contribution in [0.15, 0.2) is 18.2 Å². The van der Waals surface area contributed by atoms with Gasteiger partial charge in [-0.2, -0.15) is 0 Å². The minimum atomic E-state index is -0.746. The van der Waals surface area contributed by atoms with Gasteiger partial charge < -0.3 is 15.5 Å². The van der Waals surface area contributed by atoms with Crippen LogP contribution in [0.3, 0.4) is 0 Å². The van der Waals surface area contributed by atoms with Crippen molar-refractivity contribution < 1.29 is 9.18 Å². The first-order valence-corrected chi connectivity index (χ1v) is 5.92. The lowest BCUT2D eigenvalue weighted by atomic mass is 9.96. The minimum absolute atomic E-state index is 0.00928. The van der Waals surface area contributed by atoms with Crippen LogP contribution in [-0.2, 0) is 4.79 Å². The largest absolute Gasteiger partial charge is 0.399 e. The highest BCUT2D eigenvalue weighted by Gasteiger charge is 2.41. The smallest absolute Gasteiger partial charge is 0.247 e. The third kappa shape index (κ3) is 1.89. The summed E-state index contributed by atoms with van der Waals surface area (Å²) in [6.45, 7) is 4.81. The van der Waals surface area contributed by atoms with Gasteiger partial charge in [0.1, 0.15) is 11.4 Å². The van der Waals surface area contributed by atoms with E-state index < -0.39 is 5.54 Å². The van der Waals surface area contributed by atoms with Gasteiger partial charge in [0.05, 0.1) is 5.69 Å². The maximum absolute atomic E-state index is 14.0. The number of anilines is 2. The van der Waals surface area contributed by atoms with E-state index in [1.54, 1.807) is 42.8 Å². The van der Waals surface area contributed by atoms with Gasteiger partial charge >= 0.3 is 0 Å². The average molecular weight is 251 g/mol. The van der Waals surface area contributed by atoms with Crippen LogP contribution in [0.5, 0.6) is 0 Å². The number of carbonyl (C=O) groups is 1. The number of amides is 1. The van der Waals surface area contributed by atoms with E-state index in [4.69, 9.17) is 5.73 Å². The van der Waals surface area contributed by atoms with Gasteiger partial charge in [-0.1, -0.05) is 0 Å². The van der Waals surface area contributed by atoms with Gasteiger partial charge in [-0.25, -0.2) is 4.39 Å². The highest BCUT2D eigenvalue weighted by molar-refractivity contribution is 5.90. The molecule has 0 atom stereocenters. The Bertz CT molecular complexity index is 487. The molecule has 5 heteroatoms. The van der Waals surface area contributed by atoms with E-state index >= 15 is 0 Å². The second-order valence-corrected chi connectivity index (χ2v) is 5.15. The molecule has 0 aromatic heterocycles. The summed E-state index contributed by atoms with van der Waals surface area (Å²) in [7, 11) is 1.76. The van der Waals surface area contributed by atoms with Crippen LogP contribution in [0.2, 0.25) is 0 Å². The van der Waals surface area contributed by atoms with Crippen molar-refractivity contribution in [2.45, 2.75) is 19.4 Å². The highest BCUT2D eigenvalue weighted by Crippen LogP contribution is 2.31. The number of carbonyl (C=O) groups excluding carboxylic acids is 1. The number of piperazine rings is 1. The second kappa shape index (κ2) is 4.15. The van der Waals surface area contributed by atoms with Gasteiger partial charge in [0.2, 0.25) is 5.91 Å². The van der Waals surface area contributed by atoms with Crippen molar-refractivity contribution in [1.29, 1.82) is 0 Å². The summed E-state index contributed by atoms with van der Waals surface area (Å²) in [5.74, 6) is -0.398. The third-order valence-electron chi connectivity index (χ3n) is 3.47. The highest BCUT2D eigenvalue weighted by atomic mass is 19.1. The Morgan fingerprint density at radius 2 is 2.00 bits per heavy atom. The molecule has 1 aromatic carbocycles. The number of nitrogens with zero attached hydrogens (tertiary/aromatic N) is 2. The Morgan fingerprint density at radius 3 is 2.61 bits per heavy atom. The molecule has 0 aliphatic carbocycles.